The van der Waals surface area contributed by atoms with Crippen molar-refractivity contribution in [2.75, 3.05) is 25.6 Å². The molecule has 1 aliphatic carbocycles. The molecule has 0 aliphatic heterocycles. The second-order valence-corrected chi connectivity index (χ2v) is 9.49. The number of nitrogens with zero attached hydrogens (tertiary/aromatic N) is 7. The summed E-state index contributed by atoms with van der Waals surface area (Å²) < 4.78 is 21.6. The molecule has 12 nitrogen and oxygen atoms in total. The smallest absolute Gasteiger partial charge is 0.274 e. The van der Waals surface area contributed by atoms with Gasteiger partial charge in [0.25, 0.3) is 5.56 Å². The second-order valence-electron chi connectivity index (χ2n) is 9.11. The van der Waals surface area contributed by atoms with E-state index in [0.717, 1.165) is 18.4 Å². The lowest BCUT2D eigenvalue weighted by atomic mass is 10.2. The third-order valence-corrected chi connectivity index (χ3v) is 6.77. The number of rotatable bonds is 9. The van der Waals surface area contributed by atoms with E-state index >= 15 is 0 Å². The monoisotopic (exact) mass is 536 g/mol. The van der Waals surface area contributed by atoms with Crippen LogP contribution in [0, 0.1) is 0 Å². The van der Waals surface area contributed by atoms with E-state index in [1.807, 2.05) is 12.3 Å². The zero-order valence-corrected chi connectivity index (χ0v) is 21.8. The fourth-order valence-electron chi connectivity index (χ4n) is 4.23. The highest BCUT2D eigenvalue weighted by molar-refractivity contribution is 6.36. The van der Waals surface area contributed by atoms with Crippen LogP contribution in [0.2, 0.25) is 5.02 Å². The molecule has 13 heteroatoms. The molecule has 5 aromatic heterocycles. The maximum Gasteiger partial charge on any atom is 0.274 e. The minimum atomic E-state index is -0.140. The van der Waals surface area contributed by atoms with Crippen molar-refractivity contribution in [3.05, 3.63) is 58.0 Å². The lowest BCUT2D eigenvalue weighted by Crippen LogP contribution is -2.20. The summed E-state index contributed by atoms with van der Waals surface area (Å²) in [5.74, 6) is 2.14. The SMILES string of the molecule is COCCOc1cn2ncc(Oc3cnc4nc(Nc5cc(C6CC6)cn(C)c5=O)n(C)c4c3Cl)c2cn1. The van der Waals surface area contributed by atoms with Gasteiger partial charge in [-0.3, -0.25) is 4.79 Å². The van der Waals surface area contributed by atoms with Crippen molar-refractivity contribution in [3.8, 4) is 17.4 Å². The standard InChI is InChI=1S/C25H25ClN8O4/c1-32-12-15(14-4-5-14)8-16(24(32)35)30-25-31-23-22(33(25)2)21(26)19(10-28-23)38-18-11-29-34-13-20(27-9-17(18)34)37-7-6-36-3/h8-14H,4-7H2,1-3H3,(H,28,30,31). The van der Waals surface area contributed by atoms with E-state index in [1.165, 1.54) is 6.20 Å². The van der Waals surface area contributed by atoms with Crippen LogP contribution in [0.25, 0.3) is 16.7 Å². The number of hydrogen-bond donors (Lipinski definition) is 1. The Morgan fingerprint density at radius 2 is 1.95 bits per heavy atom. The van der Waals surface area contributed by atoms with E-state index in [1.54, 1.807) is 53.4 Å². The van der Waals surface area contributed by atoms with Crippen molar-refractivity contribution in [2.24, 2.45) is 14.1 Å². The zero-order chi connectivity index (χ0) is 26.4. The van der Waals surface area contributed by atoms with Crippen LogP contribution in [0.15, 0.2) is 41.8 Å². The first-order valence-corrected chi connectivity index (χ1v) is 12.4. The third-order valence-electron chi connectivity index (χ3n) is 6.41. The van der Waals surface area contributed by atoms with E-state index in [4.69, 9.17) is 25.8 Å². The average molecular weight is 537 g/mol. The molecule has 1 saturated carbocycles. The maximum atomic E-state index is 12.8. The van der Waals surface area contributed by atoms with Gasteiger partial charge in [0.05, 0.1) is 31.4 Å². The average Bonchev–Trinajstić information content (AvgIpc) is 3.61. The molecule has 6 rings (SSSR count). The molecule has 5 aromatic rings. The highest BCUT2D eigenvalue weighted by Gasteiger charge is 2.25. The molecule has 0 unspecified atom stereocenters. The van der Waals surface area contributed by atoms with Crippen LogP contribution < -0.4 is 20.3 Å². The molecule has 1 N–H and O–H groups in total. The van der Waals surface area contributed by atoms with E-state index in [9.17, 15) is 4.79 Å². The minimum Gasteiger partial charge on any atom is -0.474 e. The number of nitrogens with one attached hydrogen (secondary N) is 1. The summed E-state index contributed by atoms with van der Waals surface area (Å²) in [6.45, 7) is 0.832. The molecule has 1 aliphatic rings. The first kappa shape index (κ1) is 24.2. The molecule has 38 heavy (non-hydrogen) atoms. The molecule has 0 bridgehead atoms. The summed E-state index contributed by atoms with van der Waals surface area (Å²) in [5.41, 5.74) is 3.05. The van der Waals surface area contributed by atoms with E-state index < -0.39 is 0 Å². The number of aromatic nitrogens is 7. The number of methoxy groups -OCH3 is 1. The number of imidazole rings is 1. The molecule has 0 amide bonds. The number of fused-ring (bicyclic) bond motifs is 2. The molecule has 0 aromatic carbocycles. The molecule has 0 radical (unpaired) electrons. The van der Waals surface area contributed by atoms with Gasteiger partial charge < -0.3 is 28.7 Å². The van der Waals surface area contributed by atoms with Gasteiger partial charge in [0.15, 0.2) is 17.1 Å². The van der Waals surface area contributed by atoms with Gasteiger partial charge in [0.2, 0.25) is 11.8 Å². The Morgan fingerprint density at radius 1 is 1.11 bits per heavy atom. The van der Waals surface area contributed by atoms with Gasteiger partial charge in [-0.25, -0.2) is 14.5 Å². The minimum absolute atomic E-state index is 0.140. The lowest BCUT2D eigenvalue weighted by Gasteiger charge is -2.10. The summed E-state index contributed by atoms with van der Waals surface area (Å²) in [6, 6.07) is 1.90. The quantitative estimate of drug-likeness (QED) is 0.280. The van der Waals surface area contributed by atoms with Crippen LogP contribution in [-0.4, -0.2) is 54.0 Å². The van der Waals surface area contributed by atoms with Crippen LogP contribution in [0.3, 0.4) is 0 Å². The van der Waals surface area contributed by atoms with Crippen LogP contribution in [0.1, 0.15) is 24.3 Å². The van der Waals surface area contributed by atoms with E-state index in [2.05, 4.69) is 25.4 Å². The summed E-state index contributed by atoms with van der Waals surface area (Å²) in [7, 11) is 5.16. The summed E-state index contributed by atoms with van der Waals surface area (Å²) >= 11 is 6.76. The highest BCUT2D eigenvalue weighted by Crippen LogP contribution is 2.40. The zero-order valence-electron chi connectivity index (χ0n) is 21.0. The van der Waals surface area contributed by atoms with Crippen molar-refractivity contribution in [1.29, 1.82) is 0 Å². The van der Waals surface area contributed by atoms with E-state index in [0.29, 0.717) is 69.8 Å². The molecule has 0 saturated heterocycles. The van der Waals surface area contributed by atoms with Crippen molar-refractivity contribution in [2.45, 2.75) is 18.8 Å². The van der Waals surface area contributed by atoms with Gasteiger partial charge in [0, 0.05) is 27.4 Å². The third kappa shape index (κ3) is 4.41. The summed E-state index contributed by atoms with van der Waals surface area (Å²) in [4.78, 5) is 26.1. The molecule has 5 heterocycles. The Morgan fingerprint density at radius 3 is 2.74 bits per heavy atom. The largest absolute Gasteiger partial charge is 0.474 e. The number of hydrogen-bond acceptors (Lipinski definition) is 9. The molecule has 1 fully saturated rings. The normalized spacial score (nSPS) is 13.4. The van der Waals surface area contributed by atoms with Crippen molar-refractivity contribution in [1.82, 2.24) is 33.7 Å². The lowest BCUT2D eigenvalue weighted by molar-refractivity contribution is 0.143. The van der Waals surface area contributed by atoms with Crippen LogP contribution in [-0.2, 0) is 18.8 Å². The van der Waals surface area contributed by atoms with Crippen LogP contribution in [0.5, 0.6) is 17.4 Å². The summed E-state index contributed by atoms with van der Waals surface area (Å²) in [6.07, 6.45) is 10.5. The first-order chi connectivity index (χ1) is 18.4. The van der Waals surface area contributed by atoms with Gasteiger partial charge in [-0.1, -0.05) is 11.6 Å². The number of aryl methyl sites for hydroxylation is 2. The van der Waals surface area contributed by atoms with Gasteiger partial charge >= 0.3 is 0 Å². The number of anilines is 2. The molecule has 0 spiro atoms. The predicted molar refractivity (Wildman–Crippen MR) is 141 cm³/mol. The van der Waals surface area contributed by atoms with Gasteiger partial charge in [-0.15, -0.1) is 0 Å². The second kappa shape index (κ2) is 9.62. The highest BCUT2D eigenvalue weighted by atomic mass is 35.5. The van der Waals surface area contributed by atoms with E-state index in [-0.39, 0.29) is 5.56 Å². The molecular formula is C25H25ClN8O4. The van der Waals surface area contributed by atoms with Crippen LogP contribution in [0.4, 0.5) is 11.6 Å². The first-order valence-electron chi connectivity index (χ1n) is 12.0. The number of ether oxygens (including phenoxy) is 3. The number of pyridine rings is 2. The van der Waals surface area contributed by atoms with Gasteiger partial charge in [-0.05, 0) is 30.4 Å². The topological polar surface area (TPSA) is 123 Å². The van der Waals surface area contributed by atoms with Crippen molar-refractivity contribution >= 4 is 39.9 Å². The molecule has 0 atom stereocenters. The van der Waals surface area contributed by atoms with Gasteiger partial charge in [-0.2, -0.15) is 10.1 Å². The van der Waals surface area contributed by atoms with Crippen LogP contribution >= 0.6 is 11.6 Å². The molecule has 196 valence electrons. The van der Waals surface area contributed by atoms with Gasteiger partial charge in [0.1, 0.15) is 28.4 Å². The van der Waals surface area contributed by atoms with Crippen molar-refractivity contribution in [3.63, 3.8) is 0 Å². The summed E-state index contributed by atoms with van der Waals surface area (Å²) in [5, 5.41) is 7.82. The fourth-order valence-corrected chi connectivity index (χ4v) is 4.53. The number of halogens is 1. The Balaban J connectivity index is 1.29. The van der Waals surface area contributed by atoms with Crippen molar-refractivity contribution < 1.29 is 14.2 Å². The Hall–Kier alpha value is -4.16. The Labute approximate surface area is 221 Å². The Bertz CT molecular complexity index is 1720. The Kier molecular flexibility index (Phi) is 6.12. The predicted octanol–water partition coefficient (Wildman–Crippen LogP) is 3.80. The fraction of sp³-hybridized carbons (Fsp3) is 0.320. The molecular weight excluding hydrogens is 512 g/mol. The maximum absolute atomic E-state index is 12.8.